The molecule has 0 atom stereocenters. The molecule has 5 nitrogen and oxygen atoms in total. The lowest BCUT2D eigenvalue weighted by atomic mass is 9.96. The van der Waals surface area contributed by atoms with Gasteiger partial charge in [0.15, 0.2) is 0 Å². The van der Waals surface area contributed by atoms with Crippen LogP contribution < -0.4 is 10.6 Å². The number of aliphatic carboxylic acids is 1. The Morgan fingerprint density at radius 3 is 2.41 bits per heavy atom. The van der Waals surface area contributed by atoms with Crippen LogP contribution in [0.2, 0.25) is 0 Å². The third-order valence-corrected chi connectivity index (χ3v) is 2.96. The molecule has 1 rings (SSSR count). The monoisotopic (exact) mass is 240 g/mol. The lowest BCUT2D eigenvalue weighted by Gasteiger charge is -2.28. The maximum Gasteiger partial charge on any atom is 0.303 e. The van der Waals surface area contributed by atoms with Crippen molar-refractivity contribution in [2.75, 3.05) is 13.1 Å². The molecule has 0 saturated carbocycles. The smallest absolute Gasteiger partial charge is 0.303 e. The molecule has 17 heavy (non-hydrogen) atoms. The molecule has 1 amide bonds. The van der Waals surface area contributed by atoms with E-state index in [0.717, 1.165) is 24.2 Å². The number of carbonyl (C=O) groups is 2. The van der Waals surface area contributed by atoms with Crippen molar-refractivity contribution < 1.29 is 14.7 Å². The summed E-state index contributed by atoms with van der Waals surface area (Å²) in [6.07, 6.45) is 0.486. The van der Waals surface area contributed by atoms with Crippen molar-refractivity contribution >= 4 is 11.9 Å². The fourth-order valence-electron chi connectivity index (χ4n) is 1.56. The highest BCUT2D eigenvalue weighted by Crippen LogP contribution is 2.14. The zero-order chi connectivity index (χ0) is 13.1. The van der Waals surface area contributed by atoms with Gasteiger partial charge in [-0.1, -0.05) is 0 Å². The summed E-state index contributed by atoms with van der Waals surface area (Å²) in [5, 5.41) is 14.6. The summed E-state index contributed by atoms with van der Waals surface area (Å²) in [7, 11) is 0. The molecule has 0 aliphatic carbocycles. The third kappa shape index (κ3) is 4.19. The van der Waals surface area contributed by atoms with Crippen LogP contribution in [0.1, 0.15) is 33.6 Å². The predicted molar refractivity (Wildman–Crippen MR) is 64.7 cm³/mol. The maximum absolute atomic E-state index is 11.9. The van der Waals surface area contributed by atoms with Crippen LogP contribution in [0.4, 0.5) is 0 Å². The largest absolute Gasteiger partial charge is 0.481 e. The SMILES string of the molecule is CC(C(=O)NC(C)(C)CCC(=O)O)=C1CNC1. The first-order valence-corrected chi connectivity index (χ1v) is 5.75. The molecule has 1 heterocycles. The molecule has 0 spiro atoms. The lowest BCUT2D eigenvalue weighted by Crippen LogP contribution is -2.45. The Morgan fingerprint density at radius 2 is 2.00 bits per heavy atom. The van der Waals surface area contributed by atoms with Crippen LogP contribution in [0.5, 0.6) is 0 Å². The minimum atomic E-state index is -0.842. The summed E-state index contributed by atoms with van der Waals surface area (Å²) < 4.78 is 0. The van der Waals surface area contributed by atoms with Crippen molar-refractivity contribution in [1.29, 1.82) is 0 Å². The standard InChI is InChI=1S/C12H20N2O3/c1-8(9-6-13-7-9)11(17)14-12(2,3)5-4-10(15)16/h13H,4-7H2,1-3H3,(H,14,17)(H,15,16). The summed E-state index contributed by atoms with van der Waals surface area (Å²) in [4.78, 5) is 22.4. The molecule has 96 valence electrons. The zero-order valence-electron chi connectivity index (χ0n) is 10.6. The number of rotatable bonds is 5. The van der Waals surface area contributed by atoms with Gasteiger partial charge in [-0.15, -0.1) is 0 Å². The second-order valence-electron chi connectivity index (χ2n) is 5.06. The van der Waals surface area contributed by atoms with Gasteiger partial charge in [-0.05, 0) is 32.8 Å². The summed E-state index contributed by atoms with van der Waals surface area (Å²) in [5.41, 5.74) is 1.37. The highest BCUT2D eigenvalue weighted by atomic mass is 16.4. The first kappa shape index (κ1) is 13.7. The first-order chi connectivity index (χ1) is 7.82. The van der Waals surface area contributed by atoms with Gasteiger partial charge in [-0.3, -0.25) is 9.59 Å². The molecule has 5 heteroatoms. The molecule has 0 bridgehead atoms. The summed E-state index contributed by atoms with van der Waals surface area (Å²) >= 11 is 0. The Morgan fingerprint density at radius 1 is 1.41 bits per heavy atom. The Balaban J connectivity index is 2.51. The van der Waals surface area contributed by atoms with Crippen LogP contribution in [0.15, 0.2) is 11.1 Å². The lowest BCUT2D eigenvalue weighted by molar-refractivity contribution is -0.137. The predicted octanol–water partition coefficient (Wildman–Crippen LogP) is 0.666. The van der Waals surface area contributed by atoms with E-state index in [1.165, 1.54) is 0 Å². The van der Waals surface area contributed by atoms with Crippen LogP contribution in [0.3, 0.4) is 0 Å². The molecule has 0 radical (unpaired) electrons. The third-order valence-electron chi connectivity index (χ3n) is 2.96. The Bertz CT molecular complexity index is 353. The van der Waals surface area contributed by atoms with Gasteiger partial charge in [-0.2, -0.15) is 0 Å². The Labute approximate surface area is 101 Å². The highest BCUT2D eigenvalue weighted by molar-refractivity contribution is 5.94. The molecule has 0 unspecified atom stereocenters. The van der Waals surface area contributed by atoms with E-state index in [1.54, 1.807) is 6.92 Å². The van der Waals surface area contributed by atoms with Crippen LogP contribution in [0.25, 0.3) is 0 Å². The van der Waals surface area contributed by atoms with Crippen molar-refractivity contribution in [3.63, 3.8) is 0 Å². The zero-order valence-corrected chi connectivity index (χ0v) is 10.6. The topological polar surface area (TPSA) is 78.4 Å². The normalized spacial score (nSPS) is 15.1. The van der Waals surface area contributed by atoms with E-state index in [2.05, 4.69) is 10.6 Å². The van der Waals surface area contributed by atoms with Crippen molar-refractivity contribution in [3.05, 3.63) is 11.1 Å². The fourth-order valence-corrected chi connectivity index (χ4v) is 1.56. The van der Waals surface area contributed by atoms with Crippen molar-refractivity contribution in [2.24, 2.45) is 0 Å². The van der Waals surface area contributed by atoms with Gasteiger partial charge in [0.1, 0.15) is 0 Å². The van der Waals surface area contributed by atoms with Crippen LogP contribution >= 0.6 is 0 Å². The van der Waals surface area contributed by atoms with E-state index in [-0.39, 0.29) is 12.3 Å². The molecule has 0 aromatic rings. The van der Waals surface area contributed by atoms with Gasteiger partial charge < -0.3 is 15.7 Å². The number of hydrogen-bond acceptors (Lipinski definition) is 3. The molecule has 1 aliphatic heterocycles. The van der Waals surface area contributed by atoms with Gasteiger partial charge >= 0.3 is 5.97 Å². The minimum absolute atomic E-state index is 0.0600. The van der Waals surface area contributed by atoms with Gasteiger partial charge in [0.2, 0.25) is 5.91 Å². The van der Waals surface area contributed by atoms with E-state index in [1.807, 2.05) is 13.8 Å². The van der Waals surface area contributed by atoms with Gasteiger partial charge in [0.05, 0.1) is 0 Å². The molecule has 1 saturated heterocycles. The number of amides is 1. The van der Waals surface area contributed by atoms with Crippen LogP contribution in [-0.4, -0.2) is 35.6 Å². The average molecular weight is 240 g/mol. The summed E-state index contributed by atoms with van der Waals surface area (Å²) in [6.45, 7) is 7.03. The fraction of sp³-hybridized carbons (Fsp3) is 0.667. The van der Waals surface area contributed by atoms with E-state index in [0.29, 0.717) is 6.42 Å². The van der Waals surface area contributed by atoms with Gasteiger partial charge in [0, 0.05) is 30.6 Å². The first-order valence-electron chi connectivity index (χ1n) is 5.75. The second-order valence-corrected chi connectivity index (χ2v) is 5.06. The molecular weight excluding hydrogens is 220 g/mol. The maximum atomic E-state index is 11.9. The Kier molecular flexibility index (Phi) is 4.28. The highest BCUT2D eigenvalue weighted by Gasteiger charge is 2.24. The number of nitrogens with one attached hydrogen (secondary N) is 2. The van der Waals surface area contributed by atoms with Crippen molar-refractivity contribution in [2.45, 2.75) is 39.2 Å². The molecule has 1 aliphatic rings. The summed E-state index contributed by atoms with van der Waals surface area (Å²) in [5.74, 6) is -0.942. The quantitative estimate of drug-likeness (QED) is 0.617. The van der Waals surface area contributed by atoms with Crippen molar-refractivity contribution in [3.8, 4) is 0 Å². The molecule has 0 aromatic heterocycles. The van der Waals surface area contributed by atoms with Gasteiger partial charge in [-0.25, -0.2) is 0 Å². The Hall–Kier alpha value is -1.36. The second kappa shape index (κ2) is 5.31. The average Bonchev–Trinajstić information content (AvgIpc) is 2.11. The van der Waals surface area contributed by atoms with E-state index in [4.69, 9.17) is 5.11 Å². The van der Waals surface area contributed by atoms with E-state index < -0.39 is 11.5 Å². The number of hydrogen-bond donors (Lipinski definition) is 3. The number of carboxylic acids is 1. The molecule has 1 fully saturated rings. The van der Waals surface area contributed by atoms with Crippen LogP contribution in [-0.2, 0) is 9.59 Å². The summed E-state index contributed by atoms with van der Waals surface area (Å²) in [6, 6.07) is 0. The number of carbonyl (C=O) groups excluding carboxylic acids is 1. The van der Waals surface area contributed by atoms with Crippen molar-refractivity contribution in [1.82, 2.24) is 10.6 Å². The molecule has 0 aromatic carbocycles. The molecule has 3 N–H and O–H groups in total. The van der Waals surface area contributed by atoms with Gasteiger partial charge in [0.25, 0.3) is 0 Å². The van der Waals surface area contributed by atoms with E-state index >= 15 is 0 Å². The molecular formula is C12H20N2O3. The van der Waals surface area contributed by atoms with E-state index in [9.17, 15) is 9.59 Å². The number of carboxylic acid groups (broad SMARTS) is 1. The minimum Gasteiger partial charge on any atom is -0.481 e. The van der Waals surface area contributed by atoms with Crippen LogP contribution in [0, 0.1) is 0 Å².